The van der Waals surface area contributed by atoms with Gasteiger partial charge in [-0.25, -0.2) is 9.37 Å². The van der Waals surface area contributed by atoms with Gasteiger partial charge in [-0.05, 0) is 30.3 Å². The van der Waals surface area contributed by atoms with Gasteiger partial charge >= 0.3 is 0 Å². The fraction of sp³-hybridized carbons (Fsp3) is 0.176. The maximum atomic E-state index is 13.7. The van der Waals surface area contributed by atoms with Crippen LogP contribution in [0.2, 0.25) is 0 Å². The minimum Gasteiger partial charge on any atom is -0.481 e. The first-order chi connectivity index (χ1) is 11.5. The highest BCUT2D eigenvalue weighted by atomic mass is 79.9. The van der Waals surface area contributed by atoms with Crippen LogP contribution < -0.4 is 4.74 Å². The molecule has 1 aromatic heterocycles. The van der Waals surface area contributed by atoms with Crippen LogP contribution in [0.5, 0.6) is 5.75 Å². The molecule has 0 aliphatic carbocycles. The van der Waals surface area contributed by atoms with Crippen molar-refractivity contribution in [1.29, 1.82) is 0 Å². The van der Waals surface area contributed by atoms with E-state index in [1.54, 1.807) is 24.5 Å². The smallest absolute Gasteiger partial charge is 0.260 e. The summed E-state index contributed by atoms with van der Waals surface area (Å²) in [5.74, 6) is -0.692. The summed E-state index contributed by atoms with van der Waals surface area (Å²) >= 11 is 4.73. The van der Waals surface area contributed by atoms with E-state index in [-0.39, 0.29) is 18.3 Å². The summed E-state index contributed by atoms with van der Waals surface area (Å²) in [6, 6.07) is 12.3. The van der Waals surface area contributed by atoms with Crippen LogP contribution in [0.3, 0.4) is 0 Å². The van der Waals surface area contributed by atoms with Gasteiger partial charge in [0.05, 0.1) is 16.8 Å². The third kappa shape index (κ3) is 3.91. The van der Waals surface area contributed by atoms with Crippen molar-refractivity contribution in [3.05, 3.63) is 57.8 Å². The lowest BCUT2D eigenvalue weighted by molar-refractivity contribution is -0.132. The Morgan fingerprint density at radius 3 is 2.88 bits per heavy atom. The van der Waals surface area contributed by atoms with Gasteiger partial charge in [0.2, 0.25) is 0 Å². The number of nitrogens with zero attached hydrogens (tertiary/aromatic N) is 2. The molecule has 0 bridgehead atoms. The SMILES string of the molecule is CN(Cc1nc2ccccc2s1)C(=O)COc1ccc(Br)cc1F. The van der Waals surface area contributed by atoms with Gasteiger partial charge in [-0.3, -0.25) is 4.79 Å². The molecule has 2 aromatic carbocycles. The van der Waals surface area contributed by atoms with Crippen LogP contribution in [-0.4, -0.2) is 29.4 Å². The van der Waals surface area contributed by atoms with Gasteiger partial charge in [0, 0.05) is 11.5 Å². The van der Waals surface area contributed by atoms with E-state index in [0.717, 1.165) is 15.2 Å². The van der Waals surface area contributed by atoms with Crippen LogP contribution in [0.4, 0.5) is 4.39 Å². The van der Waals surface area contributed by atoms with Crippen LogP contribution in [-0.2, 0) is 11.3 Å². The van der Waals surface area contributed by atoms with E-state index in [1.165, 1.54) is 17.0 Å². The molecule has 0 aliphatic rings. The van der Waals surface area contributed by atoms with E-state index in [2.05, 4.69) is 20.9 Å². The van der Waals surface area contributed by atoms with Gasteiger partial charge in [0.25, 0.3) is 5.91 Å². The molecule has 1 amide bonds. The molecule has 7 heteroatoms. The lowest BCUT2D eigenvalue weighted by atomic mass is 10.3. The summed E-state index contributed by atoms with van der Waals surface area (Å²) in [5, 5.41) is 0.849. The highest BCUT2D eigenvalue weighted by molar-refractivity contribution is 9.10. The molecule has 0 saturated carbocycles. The van der Waals surface area contributed by atoms with Gasteiger partial charge in [0.1, 0.15) is 5.01 Å². The van der Waals surface area contributed by atoms with Crippen molar-refractivity contribution in [2.75, 3.05) is 13.7 Å². The summed E-state index contributed by atoms with van der Waals surface area (Å²) in [6.07, 6.45) is 0. The van der Waals surface area contributed by atoms with Crippen LogP contribution in [0, 0.1) is 5.82 Å². The first-order valence-electron chi connectivity index (χ1n) is 7.19. The Kier molecular flexibility index (Phi) is 5.11. The number of thiazole rings is 1. The van der Waals surface area contributed by atoms with Gasteiger partial charge in [-0.2, -0.15) is 0 Å². The highest BCUT2D eigenvalue weighted by Crippen LogP contribution is 2.23. The van der Waals surface area contributed by atoms with Gasteiger partial charge in [-0.1, -0.05) is 28.1 Å². The molecule has 0 spiro atoms. The number of likely N-dealkylation sites (N-methyl/N-ethyl adjacent to an activating group) is 1. The maximum Gasteiger partial charge on any atom is 0.260 e. The number of halogens is 2. The number of rotatable bonds is 5. The molecule has 1 heterocycles. The number of aromatic nitrogens is 1. The molecule has 0 N–H and O–H groups in total. The zero-order chi connectivity index (χ0) is 17.1. The number of ether oxygens (including phenoxy) is 1. The van der Waals surface area contributed by atoms with E-state index in [4.69, 9.17) is 4.74 Å². The van der Waals surface area contributed by atoms with Crippen molar-refractivity contribution in [2.24, 2.45) is 0 Å². The predicted molar refractivity (Wildman–Crippen MR) is 95.7 cm³/mol. The molecular weight excluding hydrogens is 395 g/mol. The van der Waals surface area contributed by atoms with Crippen LogP contribution in [0.15, 0.2) is 46.9 Å². The van der Waals surface area contributed by atoms with Crippen LogP contribution >= 0.6 is 27.3 Å². The largest absolute Gasteiger partial charge is 0.481 e. The average molecular weight is 409 g/mol. The molecule has 3 rings (SSSR count). The fourth-order valence-corrected chi connectivity index (χ4v) is 3.47. The molecule has 0 atom stereocenters. The molecule has 0 saturated heterocycles. The molecule has 0 aliphatic heterocycles. The van der Waals surface area contributed by atoms with Crippen LogP contribution in [0.25, 0.3) is 10.2 Å². The molecule has 24 heavy (non-hydrogen) atoms. The van der Waals surface area contributed by atoms with Gasteiger partial charge in [0.15, 0.2) is 18.2 Å². The summed E-state index contributed by atoms with van der Waals surface area (Å²) < 4.78 is 20.6. The Balaban J connectivity index is 1.60. The number of para-hydroxylation sites is 1. The fourth-order valence-electron chi connectivity index (χ4n) is 2.12. The quantitative estimate of drug-likeness (QED) is 0.633. The number of benzene rings is 2. The summed E-state index contributed by atoms with van der Waals surface area (Å²) in [6.45, 7) is 0.171. The summed E-state index contributed by atoms with van der Waals surface area (Å²) in [7, 11) is 1.68. The van der Waals surface area contributed by atoms with Gasteiger partial charge < -0.3 is 9.64 Å². The number of hydrogen-bond donors (Lipinski definition) is 0. The first-order valence-corrected chi connectivity index (χ1v) is 8.80. The van der Waals surface area contributed by atoms with Crippen molar-refractivity contribution < 1.29 is 13.9 Å². The highest BCUT2D eigenvalue weighted by Gasteiger charge is 2.14. The Labute approximate surface area is 151 Å². The molecule has 0 fully saturated rings. The topological polar surface area (TPSA) is 42.4 Å². The Morgan fingerprint density at radius 1 is 1.33 bits per heavy atom. The van der Waals surface area contributed by atoms with E-state index >= 15 is 0 Å². The van der Waals surface area contributed by atoms with Crippen molar-refractivity contribution in [1.82, 2.24) is 9.88 Å². The Morgan fingerprint density at radius 2 is 2.12 bits per heavy atom. The van der Waals surface area contributed by atoms with Crippen molar-refractivity contribution in [2.45, 2.75) is 6.54 Å². The number of amides is 1. The molecule has 0 radical (unpaired) electrons. The van der Waals surface area contributed by atoms with Crippen LogP contribution in [0.1, 0.15) is 5.01 Å². The number of carbonyl (C=O) groups is 1. The molecule has 124 valence electrons. The van der Waals surface area contributed by atoms with E-state index in [1.807, 2.05) is 24.3 Å². The monoisotopic (exact) mass is 408 g/mol. The van der Waals surface area contributed by atoms with Crippen molar-refractivity contribution >= 4 is 43.4 Å². The predicted octanol–water partition coefficient (Wildman–Crippen LogP) is 4.24. The Bertz CT molecular complexity index is 851. The molecular formula is C17H14BrFN2O2S. The van der Waals surface area contributed by atoms with Crippen molar-refractivity contribution in [3.63, 3.8) is 0 Å². The van der Waals surface area contributed by atoms with Crippen molar-refractivity contribution in [3.8, 4) is 5.75 Å². The minimum absolute atomic E-state index is 0.0555. The minimum atomic E-state index is -0.508. The third-order valence-corrected chi connectivity index (χ3v) is 4.90. The molecule has 3 aromatic rings. The van der Waals surface area contributed by atoms with E-state index in [0.29, 0.717) is 11.0 Å². The second kappa shape index (κ2) is 7.27. The standard InChI is InChI=1S/C17H14BrFN2O2S/c1-21(9-16-20-13-4-2-3-5-15(13)24-16)17(22)10-23-14-7-6-11(18)8-12(14)19/h2-8H,9-10H2,1H3. The first kappa shape index (κ1) is 16.9. The summed E-state index contributed by atoms with van der Waals surface area (Å²) in [4.78, 5) is 18.2. The number of fused-ring (bicyclic) bond motifs is 1. The normalized spacial score (nSPS) is 10.8. The Hall–Kier alpha value is -1.99. The molecule has 4 nitrogen and oxygen atoms in total. The van der Waals surface area contributed by atoms with Gasteiger partial charge in [-0.15, -0.1) is 11.3 Å². The maximum absolute atomic E-state index is 13.7. The number of hydrogen-bond acceptors (Lipinski definition) is 4. The number of carbonyl (C=O) groups excluding carboxylic acids is 1. The van der Waals surface area contributed by atoms with E-state index in [9.17, 15) is 9.18 Å². The second-order valence-electron chi connectivity index (χ2n) is 5.19. The zero-order valence-electron chi connectivity index (χ0n) is 12.8. The second-order valence-corrected chi connectivity index (χ2v) is 7.22. The lowest BCUT2D eigenvalue weighted by Crippen LogP contribution is -2.31. The third-order valence-electron chi connectivity index (χ3n) is 3.38. The summed E-state index contributed by atoms with van der Waals surface area (Å²) in [5.41, 5.74) is 0.923. The molecule has 0 unspecified atom stereocenters. The average Bonchev–Trinajstić information content (AvgIpc) is 2.95. The van der Waals surface area contributed by atoms with E-state index < -0.39 is 5.82 Å². The zero-order valence-corrected chi connectivity index (χ0v) is 15.2. The lowest BCUT2D eigenvalue weighted by Gasteiger charge is -2.16.